The van der Waals surface area contributed by atoms with Crippen molar-refractivity contribution in [1.82, 2.24) is 0 Å². The van der Waals surface area contributed by atoms with Crippen LogP contribution >= 0.6 is 15.9 Å². The second-order valence-electron chi connectivity index (χ2n) is 6.34. The topological polar surface area (TPSA) is 119 Å². The lowest BCUT2D eigenvalue weighted by atomic mass is 10.1. The van der Waals surface area contributed by atoms with Crippen molar-refractivity contribution < 1.29 is 24.0 Å². The molecule has 2 aromatic carbocycles. The van der Waals surface area contributed by atoms with E-state index in [1.807, 2.05) is 0 Å². The smallest absolute Gasteiger partial charge is 0.311 e. The van der Waals surface area contributed by atoms with Crippen molar-refractivity contribution in [1.29, 1.82) is 0 Å². The first-order valence-electron chi connectivity index (χ1n) is 8.60. The van der Waals surface area contributed by atoms with Crippen molar-refractivity contribution in [3.05, 3.63) is 63.1 Å². The number of nitro groups is 1. The van der Waals surface area contributed by atoms with Crippen LogP contribution in [-0.4, -0.2) is 35.9 Å². The lowest BCUT2D eigenvalue weighted by Gasteiger charge is -2.16. The van der Waals surface area contributed by atoms with Gasteiger partial charge in [-0.15, -0.1) is 0 Å². The van der Waals surface area contributed by atoms with E-state index in [2.05, 4.69) is 21.2 Å². The monoisotopic (exact) mass is 461 g/mol. The first-order chi connectivity index (χ1) is 13.8. The average Bonchev–Trinajstić information content (AvgIpc) is 3.09. The fourth-order valence-corrected chi connectivity index (χ4v) is 3.12. The van der Waals surface area contributed by atoms with Crippen molar-refractivity contribution in [2.75, 3.05) is 23.4 Å². The number of nitrogens with zero attached hydrogens (tertiary/aromatic N) is 2. The molecular weight excluding hydrogens is 446 g/mol. The van der Waals surface area contributed by atoms with E-state index in [4.69, 9.17) is 4.74 Å². The first-order valence-corrected chi connectivity index (χ1v) is 9.39. The zero-order valence-electron chi connectivity index (χ0n) is 15.0. The molecule has 3 rings (SSSR count). The molecule has 1 aliphatic rings. The Hall–Kier alpha value is -3.27. The van der Waals surface area contributed by atoms with Crippen molar-refractivity contribution in [2.24, 2.45) is 5.92 Å². The summed E-state index contributed by atoms with van der Waals surface area (Å²) in [5, 5.41) is 13.3. The zero-order valence-corrected chi connectivity index (χ0v) is 16.6. The Labute approximate surface area is 173 Å². The van der Waals surface area contributed by atoms with Crippen molar-refractivity contribution in [3.63, 3.8) is 0 Å². The molecule has 1 heterocycles. The predicted octanol–water partition coefficient (Wildman–Crippen LogP) is 2.89. The van der Waals surface area contributed by atoms with Gasteiger partial charge in [-0.2, -0.15) is 0 Å². The van der Waals surface area contributed by atoms with Gasteiger partial charge in [0.1, 0.15) is 0 Å². The Morgan fingerprint density at radius 3 is 2.45 bits per heavy atom. The summed E-state index contributed by atoms with van der Waals surface area (Å²) in [4.78, 5) is 47.9. The van der Waals surface area contributed by atoms with Crippen molar-refractivity contribution in [3.8, 4) is 0 Å². The predicted molar refractivity (Wildman–Crippen MR) is 107 cm³/mol. The largest absolute Gasteiger partial charge is 0.455 e. The number of nitrogens with one attached hydrogen (secondary N) is 1. The summed E-state index contributed by atoms with van der Waals surface area (Å²) in [6, 6.07) is 12.4. The molecule has 1 N–H and O–H groups in total. The van der Waals surface area contributed by atoms with Crippen LogP contribution in [-0.2, 0) is 19.1 Å². The molecule has 0 aromatic heterocycles. The van der Waals surface area contributed by atoms with Gasteiger partial charge in [0, 0.05) is 40.9 Å². The third-order valence-corrected chi connectivity index (χ3v) is 4.83. The third kappa shape index (κ3) is 5.17. The van der Waals surface area contributed by atoms with Gasteiger partial charge in [-0.1, -0.05) is 15.9 Å². The van der Waals surface area contributed by atoms with Gasteiger partial charge >= 0.3 is 5.97 Å². The van der Waals surface area contributed by atoms with Gasteiger partial charge in [0.15, 0.2) is 6.61 Å². The van der Waals surface area contributed by atoms with E-state index in [9.17, 15) is 24.5 Å². The highest BCUT2D eigenvalue weighted by molar-refractivity contribution is 9.10. The van der Waals surface area contributed by atoms with Gasteiger partial charge in [0.05, 0.1) is 10.8 Å². The number of carbonyl (C=O) groups is 3. The summed E-state index contributed by atoms with van der Waals surface area (Å²) in [7, 11) is 0. The van der Waals surface area contributed by atoms with Crippen LogP contribution in [0.25, 0.3) is 0 Å². The van der Waals surface area contributed by atoms with E-state index >= 15 is 0 Å². The normalized spacial score (nSPS) is 15.8. The van der Waals surface area contributed by atoms with E-state index in [1.54, 1.807) is 24.3 Å². The number of carbonyl (C=O) groups excluding carboxylic acids is 3. The fourth-order valence-electron chi connectivity index (χ4n) is 2.85. The minimum Gasteiger partial charge on any atom is -0.455 e. The number of halogens is 1. The molecule has 1 fully saturated rings. The minimum absolute atomic E-state index is 0.0514. The van der Waals surface area contributed by atoms with E-state index < -0.39 is 29.3 Å². The number of rotatable bonds is 6. The lowest BCUT2D eigenvalue weighted by Crippen LogP contribution is -2.28. The molecule has 1 atom stereocenters. The number of benzene rings is 2. The van der Waals surface area contributed by atoms with Crippen molar-refractivity contribution in [2.45, 2.75) is 6.42 Å². The molecule has 0 unspecified atom stereocenters. The van der Waals surface area contributed by atoms with Gasteiger partial charge in [0.2, 0.25) is 5.91 Å². The number of hydrogen-bond acceptors (Lipinski definition) is 6. The summed E-state index contributed by atoms with van der Waals surface area (Å²) < 4.78 is 5.90. The lowest BCUT2D eigenvalue weighted by molar-refractivity contribution is -0.384. The molecule has 0 aliphatic carbocycles. The molecule has 2 aromatic rings. The summed E-state index contributed by atoms with van der Waals surface area (Å²) >= 11 is 3.29. The van der Waals surface area contributed by atoms with Gasteiger partial charge in [-0.25, -0.2) is 0 Å². The number of nitro benzene ring substituents is 1. The molecule has 0 spiro atoms. The molecule has 150 valence electrons. The van der Waals surface area contributed by atoms with Crippen LogP contribution in [0, 0.1) is 16.0 Å². The molecule has 0 bridgehead atoms. The van der Waals surface area contributed by atoms with E-state index in [0.29, 0.717) is 11.4 Å². The molecule has 1 aliphatic heterocycles. The number of non-ortho nitro benzene ring substituents is 1. The summed E-state index contributed by atoms with van der Waals surface area (Å²) in [5.74, 6) is -2.13. The third-order valence-electron chi connectivity index (χ3n) is 4.30. The second-order valence-corrected chi connectivity index (χ2v) is 7.26. The maximum Gasteiger partial charge on any atom is 0.311 e. The number of hydrogen-bond donors (Lipinski definition) is 1. The van der Waals surface area contributed by atoms with Crippen molar-refractivity contribution >= 4 is 50.8 Å². The standard InChI is InChI=1S/C19H16BrN3O6/c20-13-1-3-14(4-2-13)21-17(24)11-29-19(26)12-9-18(25)22(10-12)15-5-7-16(8-6-15)23(27)28/h1-8,12H,9-11H2,(H,21,24)/t12-/m1/s1. The quantitative estimate of drug-likeness (QED) is 0.401. The fraction of sp³-hybridized carbons (Fsp3) is 0.211. The highest BCUT2D eigenvalue weighted by atomic mass is 79.9. The Morgan fingerprint density at radius 1 is 1.17 bits per heavy atom. The van der Waals surface area contributed by atoms with Crippen LogP contribution < -0.4 is 10.2 Å². The minimum atomic E-state index is -0.710. The Balaban J connectivity index is 1.52. The van der Waals surface area contributed by atoms with E-state index in [0.717, 1.165) is 4.47 Å². The number of anilines is 2. The average molecular weight is 462 g/mol. The molecule has 10 heteroatoms. The van der Waals surface area contributed by atoms with Gasteiger partial charge in [-0.05, 0) is 36.4 Å². The molecule has 0 saturated carbocycles. The molecule has 2 amide bonds. The molecule has 9 nitrogen and oxygen atoms in total. The highest BCUT2D eigenvalue weighted by Gasteiger charge is 2.36. The van der Waals surface area contributed by atoms with Crippen LogP contribution in [0.2, 0.25) is 0 Å². The van der Waals surface area contributed by atoms with Crippen LogP contribution in [0.15, 0.2) is 53.0 Å². The summed E-state index contributed by atoms with van der Waals surface area (Å²) in [6.07, 6.45) is -0.0514. The SMILES string of the molecule is O=C(COC(=O)[C@@H]1CC(=O)N(c2ccc([N+](=O)[O-])cc2)C1)Nc1ccc(Br)cc1. The molecule has 1 saturated heterocycles. The summed E-state index contributed by atoms with van der Waals surface area (Å²) in [6.45, 7) is -0.374. The second kappa shape index (κ2) is 8.82. The van der Waals surface area contributed by atoms with E-state index in [-0.39, 0.29) is 24.6 Å². The van der Waals surface area contributed by atoms with Gasteiger partial charge in [-0.3, -0.25) is 24.5 Å². The number of esters is 1. The maximum absolute atomic E-state index is 12.2. The molecular formula is C19H16BrN3O6. The summed E-state index contributed by atoms with van der Waals surface area (Å²) in [5.41, 5.74) is 0.937. The van der Waals surface area contributed by atoms with Crippen LogP contribution in [0.5, 0.6) is 0 Å². The maximum atomic E-state index is 12.2. The number of ether oxygens (including phenoxy) is 1. The van der Waals surface area contributed by atoms with Crippen LogP contribution in [0.4, 0.5) is 17.1 Å². The Morgan fingerprint density at radius 2 is 1.83 bits per heavy atom. The molecule has 29 heavy (non-hydrogen) atoms. The Kier molecular flexibility index (Phi) is 6.23. The van der Waals surface area contributed by atoms with E-state index in [1.165, 1.54) is 29.2 Å². The van der Waals surface area contributed by atoms with Gasteiger partial charge < -0.3 is 15.0 Å². The zero-order chi connectivity index (χ0) is 21.0. The molecule has 0 radical (unpaired) electrons. The van der Waals surface area contributed by atoms with Gasteiger partial charge in [0.25, 0.3) is 11.6 Å². The van der Waals surface area contributed by atoms with Crippen LogP contribution in [0.1, 0.15) is 6.42 Å². The number of amides is 2. The Bertz CT molecular complexity index is 945. The highest BCUT2D eigenvalue weighted by Crippen LogP contribution is 2.27. The van der Waals surface area contributed by atoms with Crippen LogP contribution in [0.3, 0.4) is 0 Å². The first kappa shape index (κ1) is 20.5.